The molecule has 0 atom stereocenters. The third-order valence-electron chi connectivity index (χ3n) is 3.95. The SMILES string of the molecule is Cc1ccc2nc(N3CCCCC3)c(CC#N)cc2c1. The number of benzene rings is 1. The Bertz CT molecular complexity index is 664. The topological polar surface area (TPSA) is 39.9 Å². The zero-order chi connectivity index (χ0) is 13.9. The molecule has 0 spiro atoms. The van der Waals surface area contributed by atoms with Gasteiger partial charge in [0.15, 0.2) is 0 Å². The van der Waals surface area contributed by atoms with E-state index in [9.17, 15) is 0 Å². The van der Waals surface area contributed by atoms with Gasteiger partial charge in [0.05, 0.1) is 18.0 Å². The van der Waals surface area contributed by atoms with Gasteiger partial charge in [-0.05, 0) is 44.4 Å². The zero-order valence-electron chi connectivity index (χ0n) is 11.9. The highest BCUT2D eigenvalue weighted by Gasteiger charge is 2.16. The monoisotopic (exact) mass is 265 g/mol. The van der Waals surface area contributed by atoms with E-state index in [0.717, 1.165) is 35.4 Å². The van der Waals surface area contributed by atoms with E-state index in [4.69, 9.17) is 10.2 Å². The number of aryl methyl sites for hydroxylation is 1. The number of fused-ring (bicyclic) bond motifs is 1. The van der Waals surface area contributed by atoms with Crippen molar-refractivity contribution in [3.8, 4) is 6.07 Å². The van der Waals surface area contributed by atoms with Gasteiger partial charge in [-0.3, -0.25) is 0 Å². The summed E-state index contributed by atoms with van der Waals surface area (Å²) in [5.74, 6) is 1.02. The fourth-order valence-electron chi connectivity index (χ4n) is 2.92. The van der Waals surface area contributed by atoms with Crippen LogP contribution in [0.4, 0.5) is 5.82 Å². The third-order valence-corrected chi connectivity index (χ3v) is 3.95. The predicted molar refractivity (Wildman–Crippen MR) is 81.9 cm³/mol. The minimum absolute atomic E-state index is 0.433. The molecule has 1 aromatic carbocycles. The van der Waals surface area contributed by atoms with Crippen LogP contribution in [-0.4, -0.2) is 18.1 Å². The van der Waals surface area contributed by atoms with Gasteiger partial charge in [-0.15, -0.1) is 0 Å². The molecular weight excluding hydrogens is 246 g/mol. The van der Waals surface area contributed by atoms with Crippen LogP contribution in [-0.2, 0) is 6.42 Å². The van der Waals surface area contributed by atoms with Crippen LogP contribution in [0.1, 0.15) is 30.4 Å². The summed E-state index contributed by atoms with van der Waals surface area (Å²) in [4.78, 5) is 7.18. The molecule has 3 nitrogen and oxygen atoms in total. The maximum atomic E-state index is 9.07. The number of nitrogens with zero attached hydrogens (tertiary/aromatic N) is 3. The Labute approximate surface area is 119 Å². The van der Waals surface area contributed by atoms with Crippen molar-refractivity contribution >= 4 is 16.7 Å². The number of anilines is 1. The molecule has 2 heterocycles. The van der Waals surface area contributed by atoms with Crippen LogP contribution in [0.3, 0.4) is 0 Å². The molecule has 3 heteroatoms. The van der Waals surface area contributed by atoms with Crippen molar-refractivity contribution in [1.29, 1.82) is 5.26 Å². The molecule has 102 valence electrons. The lowest BCUT2D eigenvalue weighted by Gasteiger charge is -2.29. The van der Waals surface area contributed by atoms with Gasteiger partial charge in [0, 0.05) is 24.0 Å². The van der Waals surface area contributed by atoms with Crippen molar-refractivity contribution < 1.29 is 0 Å². The van der Waals surface area contributed by atoms with Crippen molar-refractivity contribution in [1.82, 2.24) is 4.98 Å². The first kappa shape index (κ1) is 12.9. The van der Waals surface area contributed by atoms with Gasteiger partial charge in [0.1, 0.15) is 5.82 Å². The summed E-state index contributed by atoms with van der Waals surface area (Å²) in [6.45, 7) is 4.20. The molecule has 1 aromatic heterocycles. The quantitative estimate of drug-likeness (QED) is 0.833. The van der Waals surface area contributed by atoms with Gasteiger partial charge in [0.25, 0.3) is 0 Å². The van der Waals surface area contributed by atoms with E-state index in [0.29, 0.717) is 6.42 Å². The smallest absolute Gasteiger partial charge is 0.133 e. The summed E-state index contributed by atoms with van der Waals surface area (Å²) in [5, 5.41) is 10.2. The van der Waals surface area contributed by atoms with Gasteiger partial charge in [-0.25, -0.2) is 4.98 Å². The van der Waals surface area contributed by atoms with Gasteiger partial charge in [-0.2, -0.15) is 5.26 Å². The Hall–Kier alpha value is -2.08. The third kappa shape index (κ3) is 2.46. The molecule has 0 saturated carbocycles. The van der Waals surface area contributed by atoms with E-state index in [-0.39, 0.29) is 0 Å². The van der Waals surface area contributed by atoms with Crippen molar-refractivity contribution in [3.05, 3.63) is 35.4 Å². The first-order valence-electron chi connectivity index (χ1n) is 7.30. The highest BCUT2D eigenvalue weighted by atomic mass is 15.2. The second-order valence-corrected chi connectivity index (χ2v) is 5.55. The van der Waals surface area contributed by atoms with Gasteiger partial charge in [-0.1, -0.05) is 11.6 Å². The summed E-state index contributed by atoms with van der Waals surface area (Å²) >= 11 is 0. The number of piperidine rings is 1. The minimum atomic E-state index is 0.433. The molecule has 0 bridgehead atoms. The molecule has 20 heavy (non-hydrogen) atoms. The minimum Gasteiger partial charge on any atom is -0.356 e. The Morgan fingerprint density at radius 1 is 1.20 bits per heavy atom. The Morgan fingerprint density at radius 3 is 2.75 bits per heavy atom. The largest absolute Gasteiger partial charge is 0.356 e. The predicted octanol–water partition coefficient (Wildman–Crippen LogP) is 3.60. The van der Waals surface area contributed by atoms with E-state index >= 15 is 0 Å². The van der Waals surface area contributed by atoms with Crippen LogP contribution in [0, 0.1) is 18.3 Å². The summed E-state index contributed by atoms with van der Waals surface area (Å²) in [7, 11) is 0. The molecule has 0 N–H and O–H groups in total. The van der Waals surface area contributed by atoms with Crippen molar-refractivity contribution in [2.24, 2.45) is 0 Å². The van der Waals surface area contributed by atoms with E-state index in [2.05, 4.69) is 42.2 Å². The fourth-order valence-corrected chi connectivity index (χ4v) is 2.92. The maximum absolute atomic E-state index is 9.07. The summed E-state index contributed by atoms with van der Waals surface area (Å²) in [6.07, 6.45) is 4.18. The van der Waals surface area contributed by atoms with Crippen LogP contribution in [0.25, 0.3) is 10.9 Å². The number of hydrogen-bond acceptors (Lipinski definition) is 3. The van der Waals surface area contributed by atoms with E-state index < -0.39 is 0 Å². The summed E-state index contributed by atoms with van der Waals surface area (Å²) in [6, 6.07) is 10.7. The fraction of sp³-hybridized carbons (Fsp3) is 0.412. The summed E-state index contributed by atoms with van der Waals surface area (Å²) < 4.78 is 0. The van der Waals surface area contributed by atoms with Gasteiger partial charge in [0.2, 0.25) is 0 Å². The second-order valence-electron chi connectivity index (χ2n) is 5.55. The lowest BCUT2D eigenvalue weighted by atomic mass is 10.1. The van der Waals surface area contributed by atoms with Gasteiger partial charge < -0.3 is 4.90 Å². The van der Waals surface area contributed by atoms with Crippen LogP contribution < -0.4 is 4.90 Å². The number of hydrogen-bond donors (Lipinski definition) is 0. The van der Waals surface area contributed by atoms with E-state index in [1.807, 2.05) is 0 Å². The number of rotatable bonds is 2. The normalized spacial score (nSPS) is 15.3. The maximum Gasteiger partial charge on any atom is 0.133 e. The second kappa shape index (κ2) is 5.50. The highest BCUT2D eigenvalue weighted by molar-refractivity contribution is 5.82. The molecule has 1 fully saturated rings. The molecule has 1 saturated heterocycles. The number of nitriles is 1. The first-order valence-corrected chi connectivity index (χ1v) is 7.30. The Morgan fingerprint density at radius 2 is 2.00 bits per heavy atom. The molecule has 0 unspecified atom stereocenters. The molecule has 0 amide bonds. The van der Waals surface area contributed by atoms with Crippen LogP contribution in [0.2, 0.25) is 0 Å². The lowest BCUT2D eigenvalue weighted by Crippen LogP contribution is -2.31. The van der Waals surface area contributed by atoms with Crippen molar-refractivity contribution in [2.75, 3.05) is 18.0 Å². The molecular formula is C17H19N3. The molecule has 0 radical (unpaired) electrons. The lowest BCUT2D eigenvalue weighted by molar-refractivity contribution is 0.573. The average Bonchev–Trinajstić information content (AvgIpc) is 2.48. The molecule has 0 aliphatic carbocycles. The molecule has 1 aliphatic rings. The summed E-state index contributed by atoms with van der Waals surface area (Å²) in [5.41, 5.74) is 3.32. The highest BCUT2D eigenvalue weighted by Crippen LogP contribution is 2.27. The zero-order valence-corrected chi connectivity index (χ0v) is 11.9. The Balaban J connectivity index is 2.10. The Kier molecular flexibility index (Phi) is 3.56. The molecule has 3 rings (SSSR count). The van der Waals surface area contributed by atoms with Crippen LogP contribution in [0.5, 0.6) is 0 Å². The standard InChI is InChI=1S/C17H19N3/c1-13-5-6-16-15(11-13)12-14(7-8-18)17(19-16)20-9-3-2-4-10-20/h5-6,11-12H,2-4,7,9-10H2,1H3. The van der Waals surface area contributed by atoms with E-state index in [1.54, 1.807) is 0 Å². The number of aromatic nitrogens is 1. The van der Waals surface area contributed by atoms with Crippen molar-refractivity contribution in [3.63, 3.8) is 0 Å². The molecule has 2 aromatic rings. The van der Waals surface area contributed by atoms with Crippen molar-refractivity contribution in [2.45, 2.75) is 32.6 Å². The van der Waals surface area contributed by atoms with Crippen LogP contribution >= 0.6 is 0 Å². The van der Waals surface area contributed by atoms with Crippen LogP contribution in [0.15, 0.2) is 24.3 Å². The number of pyridine rings is 1. The average molecular weight is 265 g/mol. The van der Waals surface area contributed by atoms with E-state index in [1.165, 1.54) is 24.8 Å². The first-order chi connectivity index (χ1) is 9.78. The van der Waals surface area contributed by atoms with Gasteiger partial charge >= 0.3 is 0 Å². The molecule has 1 aliphatic heterocycles.